The minimum absolute atomic E-state index is 0.0179. The lowest BCUT2D eigenvalue weighted by molar-refractivity contribution is -0.119. The zero-order valence-corrected chi connectivity index (χ0v) is 19.4. The Morgan fingerprint density at radius 1 is 1.03 bits per heavy atom. The summed E-state index contributed by atoms with van der Waals surface area (Å²) in [4.78, 5) is 12.5. The maximum atomic E-state index is 13.5. The van der Waals surface area contributed by atoms with Gasteiger partial charge in [-0.3, -0.25) is 9.10 Å². The van der Waals surface area contributed by atoms with E-state index in [-0.39, 0.29) is 23.1 Å². The zero-order chi connectivity index (χ0) is 23.0. The lowest BCUT2D eigenvalue weighted by atomic mass is 10.2. The van der Waals surface area contributed by atoms with Gasteiger partial charge in [0.25, 0.3) is 10.0 Å². The van der Waals surface area contributed by atoms with Crippen LogP contribution in [0.25, 0.3) is 0 Å². The molecule has 0 aliphatic heterocycles. The maximum Gasteiger partial charge on any atom is 0.264 e. The lowest BCUT2D eigenvalue weighted by Gasteiger charge is -2.25. The van der Waals surface area contributed by atoms with Crippen molar-refractivity contribution < 1.29 is 27.4 Å². The molecule has 0 fully saturated rings. The molecule has 0 aromatic heterocycles. The van der Waals surface area contributed by atoms with Crippen LogP contribution < -0.4 is 23.8 Å². The number of nitrogens with one attached hydrogen (secondary N) is 1. The average molecular weight is 451 g/mol. The van der Waals surface area contributed by atoms with Gasteiger partial charge in [0, 0.05) is 12.6 Å². The van der Waals surface area contributed by atoms with Crippen molar-refractivity contribution in [1.29, 1.82) is 0 Å². The van der Waals surface area contributed by atoms with Crippen LogP contribution in [0.2, 0.25) is 0 Å². The topological polar surface area (TPSA) is 94.2 Å². The number of carbonyl (C=O) groups is 1. The molecular weight excluding hydrogens is 420 g/mol. The fourth-order valence-electron chi connectivity index (χ4n) is 2.80. The molecule has 0 aliphatic carbocycles. The average Bonchev–Trinajstić information content (AvgIpc) is 2.76. The quantitative estimate of drug-likeness (QED) is 0.565. The van der Waals surface area contributed by atoms with E-state index in [1.54, 1.807) is 24.3 Å². The van der Waals surface area contributed by atoms with Crippen molar-refractivity contribution in [2.45, 2.75) is 25.7 Å². The van der Waals surface area contributed by atoms with Gasteiger partial charge in [0.15, 0.2) is 11.5 Å². The lowest BCUT2D eigenvalue weighted by Crippen LogP contribution is -2.41. The Morgan fingerprint density at radius 2 is 1.68 bits per heavy atom. The molecule has 0 bridgehead atoms. The number of ether oxygens (including phenoxy) is 3. The molecule has 0 unspecified atom stereocenters. The molecular formula is C22H30N2O6S. The van der Waals surface area contributed by atoms with Crippen LogP contribution in [0.3, 0.4) is 0 Å². The SMILES string of the molecule is CCOc1ccc(N(CC(=O)NCC(C)C)S(=O)(=O)c2ccc(OC)c(OC)c2)cc1. The first-order chi connectivity index (χ1) is 14.7. The molecule has 170 valence electrons. The first kappa shape index (κ1) is 24.3. The van der Waals surface area contributed by atoms with Crippen LogP contribution in [0.5, 0.6) is 17.2 Å². The monoisotopic (exact) mass is 450 g/mol. The van der Waals surface area contributed by atoms with Crippen molar-refractivity contribution >= 4 is 21.6 Å². The summed E-state index contributed by atoms with van der Waals surface area (Å²) in [6, 6.07) is 10.9. The van der Waals surface area contributed by atoms with Crippen molar-refractivity contribution in [2.75, 3.05) is 38.2 Å². The molecule has 0 atom stereocenters. The second kappa shape index (κ2) is 10.9. The minimum Gasteiger partial charge on any atom is -0.494 e. The van der Waals surface area contributed by atoms with Gasteiger partial charge in [0.05, 0.1) is 31.4 Å². The third-order valence-electron chi connectivity index (χ3n) is 4.37. The van der Waals surface area contributed by atoms with Gasteiger partial charge in [-0.2, -0.15) is 0 Å². The largest absolute Gasteiger partial charge is 0.494 e. The maximum absolute atomic E-state index is 13.5. The molecule has 0 spiro atoms. The third kappa shape index (κ3) is 6.27. The highest BCUT2D eigenvalue weighted by Crippen LogP contribution is 2.32. The van der Waals surface area contributed by atoms with Gasteiger partial charge in [-0.05, 0) is 49.2 Å². The standard InChI is InChI=1S/C22H30N2O6S/c1-6-30-18-9-7-17(8-10-18)24(15-22(25)23-14-16(2)3)31(26,27)19-11-12-20(28-4)21(13-19)29-5/h7-13,16H,6,14-15H2,1-5H3,(H,23,25). The number of benzene rings is 2. The normalized spacial score (nSPS) is 11.2. The van der Waals surface area contributed by atoms with Gasteiger partial charge in [0.2, 0.25) is 5.91 Å². The minimum atomic E-state index is -4.07. The van der Waals surface area contributed by atoms with Crippen molar-refractivity contribution in [3.63, 3.8) is 0 Å². The molecule has 31 heavy (non-hydrogen) atoms. The molecule has 0 saturated heterocycles. The highest BCUT2D eigenvalue weighted by molar-refractivity contribution is 7.92. The first-order valence-corrected chi connectivity index (χ1v) is 11.4. The Morgan fingerprint density at radius 3 is 2.23 bits per heavy atom. The Kier molecular flexibility index (Phi) is 8.56. The molecule has 0 aliphatic rings. The van der Waals surface area contributed by atoms with Crippen molar-refractivity contribution in [1.82, 2.24) is 5.32 Å². The van der Waals surface area contributed by atoms with Crippen LogP contribution in [0.1, 0.15) is 20.8 Å². The summed E-state index contributed by atoms with van der Waals surface area (Å²) < 4.78 is 43.9. The summed E-state index contributed by atoms with van der Waals surface area (Å²) in [5.41, 5.74) is 0.345. The molecule has 2 rings (SSSR count). The summed E-state index contributed by atoms with van der Waals surface area (Å²) in [5, 5.41) is 2.76. The summed E-state index contributed by atoms with van der Waals surface area (Å²) in [7, 11) is -1.18. The number of carbonyl (C=O) groups excluding carboxylic acids is 1. The molecule has 0 heterocycles. The van der Waals surface area contributed by atoms with Crippen LogP contribution in [-0.2, 0) is 14.8 Å². The second-order valence-electron chi connectivity index (χ2n) is 7.15. The van der Waals surface area contributed by atoms with E-state index in [2.05, 4.69) is 5.32 Å². The number of hydrogen-bond acceptors (Lipinski definition) is 6. The van der Waals surface area contributed by atoms with E-state index in [4.69, 9.17) is 14.2 Å². The number of amides is 1. The number of anilines is 1. The van der Waals surface area contributed by atoms with Gasteiger partial charge in [-0.15, -0.1) is 0 Å². The number of methoxy groups -OCH3 is 2. The number of hydrogen-bond donors (Lipinski definition) is 1. The summed E-state index contributed by atoms with van der Waals surface area (Å²) in [5.74, 6) is 1.14. The fourth-order valence-corrected chi connectivity index (χ4v) is 4.24. The predicted molar refractivity (Wildman–Crippen MR) is 120 cm³/mol. The Balaban J connectivity index is 2.45. The van der Waals surface area contributed by atoms with Gasteiger partial charge in [-0.1, -0.05) is 13.8 Å². The van der Waals surface area contributed by atoms with Crippen LogP contribution >= 0.6 is 0 Å². The van der Waals surface area contributed by atoms with Crippen molar-refractivity contribution in [3.8, 4) is 17.2 Å². The van der Waals surface area contributed by atoms with Crippen LogP contribution in [-0.4, -0.2) is 48.2 Å². The Labute approximate surface area is 184 Å². The summed E-state index contributed by atoms with van der Waals surface area (Å²) in [6.07, 6.45) is 0. The van der Waals surface area contributed by atoms with E-state index in [0.29, 0.717) is 30.3 Å². The molecule has 2 aromatic carbocycles. The molecule has 0 saturated carbocycles. The number of sulfonamides is 1. The Hall–Kier alpha value is -2.94. The van der Waals surface area contributed by atoms with Crippen molar-refractivity contribution in [2.24, 2.45) is 5.92 Å². The van der Waals surface area contributed by atoms with E-state index in [0.717, 1.165) is 4.31 Å². The predicted octanol–water partition coefficient (Wildman–Crippen LogP) is 3.07. The van der Waals surface area contributed by atoms with Gasteiger partial charge >= 0.3 is 0 Å². The summed E-state index contributed by atoms with van der Waals surface area (Å²) >= 11 is 0. The molecule has 8 nitrogen and oxygen atoms in total. The first-order valence-electron chi connectivity index (χ1n) is 9.97. The Bertz CT molecular complexity index is 974. The highest BCUT2D eigenvalue weighted by Gasteiger charge is 2.28. The van der Waals surface area contributed by atoms with Crippen molar-refractivity contribution in [3.05, 3.63) is 42.5 Å². The smallest absolute Gasteiger partial charge is 0.264 e. The van der Waals surface area contributed by atoms with E-state index in [1.807, 2.05) is 20.8 Å². The summed E-state index contributed by atoms with van der Waals surface area (Å²) in [6.45, 7) is 6.37. The van der Waals surface area contributed by atoms with Crippen LogP contribution in [0.4, 0.5) is 5.69 Å². The highest BCUT2D eigenvalue weighted by atomic mass is 32.2. The molecule has 1 N–H and O–H groups in total. The third-order valence-corrected chi connectivity index (χ3v) is 6.14. The number of rotatable bonds is 11. The second-order valence-corrected chi connectivity index (χ2v) is 9.02. The van der Waals surface area contributed by atoms with Crippen LogP contribution in [0, 0.1) is 5.92 Å². The molecule has 1 amide bonds. The number of nitrogens with zero attached hydrogens (tertiary/aromatic N) is 1. The van der Waals surface area contributed by atoms with Crippen LogP contribution in [0.15, 0.2) is 47.4 Å². The fraction of sp³-hybridized carbons (Fsp3) is 0.409. The molecule has 2 aromatic rings. The van der Waals surface area contributed by atoms with Gasteiger partial charge < -0.3 is 19.5 Å². The van der Waals surface area contributed by atoms with E-state index in [9.17, 15) is 13.2 Å². The van der Waals surface area contributed by atoms with E-state index in [1.165, 1.54) is 32.4 Å². The van der Waals surface area contributed by atoms with Gasteiger partial charge in [0.1, 0.15) is 12.3 Å². The van der Waals surface area contributed by atoms with E-state index >= 15 is 0 Å². The van der Waals surface area contributed by atoms with Gasteiger partial charge in [-0.25, -0.2) is 8.42 Å². The molecule has 0 radical (unpaired) electrons. The zero-order valence-electron chi connectivity index (χ0n) is 18.5. The molecule has 9 heteroatoms. The van der Waals surface area contributed by atoms with E-state index < -0.39 is 15.9 Å².